The van der Waals surface area contributed by atoms with Crippen molar-refractivity contribution in [3.63, 3.8) is 0 Å². The quantitative estimate of drug-likeness (QED) is 0.0595. The molecule has 1 saturated carbocycles. The normalized spacial score (nSPS) is 15.6. The summed E-state index contributed by atoms with van der Waals surface area (Å²) in [6, 6.07) is 0. The van der Waals surface area contributed by atoms with Crippen LogP contribution in [0, 0.1) is 10.8 Å². The van der Waals surface area contributed by atoms with Crippen LogP contribution >= 0.6 is 0 Å². The lowest BCUT2D eigenvalue weighted by atomic mass is 9.49. The maximum absolute atomic E-state index is 10.7. The van der Waals surface area contributed by atoms with Crippen molar-refractivity contribution in [2.45, 2.75) is 425 Å². The van der Waals surface area contributed by atoms with Gasteiger partial charge in [0.2, 0.25) is 0 Å². The zero-order valence-corrected chi connectivity index (χ0v) is 51.0. The molecule has 1 rings (SSSR count). The van der Waals surface area contributed by atoms with E-state index < -0.39 is 11.9 Å². The number of unbranched alkanes of at least 4 members (excludes halogenated alkanes) is 50. The van der Waals surface area contributed by atoms with E-state index in [0.29, 0.717) is 23.7 Å². The molecular formula is C70H136O4. The molecule has 0 heterocycles. The molecule has 1 fully saturated rings. The summed E-state index contributed by atoms with van der Waals surface area (Å²) in [5, 5.41) is 17.7. The van der Waals surface area contributed by atoms with Gasteiger partial charge < -0.3 is 10.2 Å². The van der Waals surface area contributed by atoms with Crippen molar-refractivity contribution in [2.24, 2.45) is 10.8 Å². The zero-order valence-electron chi connectivity index (χ0n) is 51.0. The van der Waals surface area contributed by atoms with E-state index in [9.17, 15) is 9.59 Å². The van der Waals surface area contributed by atoms with Crippen LogP contribution in [0.15, 0.2) is 0 Å². The van der Waals surface area contributed by atoms with E-state index >= 15 is 0 Å². The van der Waals surface area contributed by atoms with Crippen molar-refractivity contribution < 1.29 is 19.8 Å². The maximum atomic E-state index is 10.7. The Morgan fingerprint density at radius 2 is 0.392 bits per heavy atom. The van der Waals surface area contributed by atoms with Crippen molar-refractivity contribution in [2.75, 3.05) is 0 Å². The van der Waals surface area contributed by atoms with Crippen LogP contribution in [0.1, 0.15) is 425 Å². The number of hydrogen-bond acceptors (Lipinski definition) is 2. The maximum Gasteiger partial charge on any atom is 0.303 e. The Kier molecular flexibility index (Phi) is 53.0. The summed E-state index contributed by atoms with van der Waals surface area (Å²) in [4.78, 5) is 21.4. The van der Waals surface area contributed by atoms with Crippen LogP contribution in [0.4, 0.5) is 0 Å². The Morgan fingerprint density at radius 3 is 0.554 bits per heavy atom. The molecule has 74 heavy (non-hydrogen) atoms. The second-order valence-corrected chi connectivity index (χ2v) is 25.4. The second-order valence-electron chi connectivity index (χ2n) is 25.4. The lowest BCUT2D eigenvalue weighted by molar-refractivity contribution is -0.138. The molecule has 440 valence electrons. The number of carbonyl (C=O) groups is 2. The van der Waals surface area contributed by atoms with Crippen LogP contribution in [-0.2, 0) is 9.59 Å². The van der Waals surface area contributed by atoms with Gasteiger partial charge in [0.1, 0.15) is 0 Å². The molecule has 0 spiro atoms. The third-order valence-corrected chi connectivity index (χ3v) is 18.8. The predicted molar refractivity (Wildman–Crippen MR) is 327 cm³/mol. The van der Waals surface area contributed by atoms with Gasteiger partial charge >= 0.3 is 11.9 Å². The van der Waals surface area contributed by atoms with E-state index in [-0.39, 0.29) is 0 Å². The zero-order chi connectivity index (χ0) is 53.4. The third kappa shape index (κ3) is 43.9. The molecule has 1 atom stereocenters. The number of carboxylic acid groups (broad SMARTS) is 2. The highest BCUT2D eigenvalue weighted by atomic mass is 16.4. The van der Waals surface area contributed by atoms with Gasteiger partial charge in [-0.15, -0.1) is 0 Å². The molecule has 0 bridgehead atoms. The summed E-state index contributed by atoms with van der Waals surface area (Å²) < 4.78 is 0. The fraction of sp³-hybridized carbons (Fsp3) is 0.971. The van der Waals surface area contributed by atoms with E-state index in [2.05, 4.69) is 13.8 Å². The number of rotatable bonds is 62. The average molecular weight is 1040 g/mol. The van der Waals surface area contributed by atoms with Gasteiger partial charge in [-0.2, -0.15) is 0 Å². The van der Waals surface area contributed by atoms with E-state index in [1.54, 1.807) is 25.7 Å². The molecule has 1 aliphatic carbocycles. The van der Waals surface area contributed by atoms with Gasteiger partial charge in [-0.05, 0) is 62.2 Å². The van der Waals surface area contributed by atoms with Gasteiger partial charge in [-0.25, -0.2) is 0 Å². The van der Waals surface area contributed by atoms with Crippen molar-refractivity contribution in [1.29, 1.82) is 0 Å². The van der Waals surface area contributed by atoms with Crippen molar-refractivity contribution in [1.82, 2.24) is 0 Å². The first-order chi connectivity index (χ1) is 36.4. The lowest BCUT2D eigenvalue weighted by Crippen LogP contribution is -2.45. The topological polar surface area (TPSA) is 74.6 Å². The Labute approximate surface area is 465 Å². The first-order valence-electron chi connectivity index (χ1n) is 34.8. The van der Waals surface area contributed by atoms with Gasteiger partial charge in [-0.1, -0.05) is 361 Å². The minimum Gasteiger partial charge on any atom is -0.481 e. The minimum absolute atomic E-state index is 0.341. The van der Waals surface area contributed by atoms with Gasteiger partial charge in [0.15, 0.2) is 0 Å². The van der Waals surface area contributed by atoms with Gasteiger partial charge in [0.05, 0.1) is 0 Å². The SMILES string of the molecule is CCCCCCCCCCCCCCC1(CCCCCCCCCCCC)CCCCC1(CCCCCCCCCCCCCCCCCCC(=O)O)CCCCCCCCCCCCCCCCCCC(=O)O. The Hall–Kier alpha value is -1.06. The lowest BCUT2D eigenvalue weighted by Gasteiger charge is -2.56. The summed E-state index contributed by atoms with van der Waals surface area (Å²) in [6.45, 7) is 4.67. The summed E-state index contributed by atoms with van der Waals surface area (Å²) in [6.07, 6.45) is 88.2. The third-order valence-electron chi connectivity index (χ3n) is 18.8. The Bertz CT molecular complexity index is 1100. The molecule has 0 aliphatic heterocycles. The highest BCUT2D eigenvalue weighted by Gasteiger charge is 2.50. The largest absolute Gasteiger partial charge is 0.481 e. The van der Waals surface area contributed by atoms with Crippen LogP contribution in [0.5, 0.6) is 0 Å². The molecule has 0 aromatic rings. The fourth-order valence-electron chi connectivity index (χ4n) is 14.0. The summed E-state index contributed by atoms with van der Waals surface area (Å²) in [5.74, 6) is -1.29. The van der Waals surface area contributed by atoms with Crippen molar-refractivity contribution in [3.8, 4) is 0 Å². The molecule has 0 aromatic heterocycles. The van der Waals surface area contributed by atoms with Gasteiger partial charge in [-0.3, -0.25) is 9.59 Å². The van der Waals surface area contributed by atoms with Crippen molar-refractivity contribution >= 4 is 11.9 Å². The average Bonchev–Trinajstić information content (AvgIpc) is 3.39. The summed E-state index contributed by atoms with van der Waals surface area (Å²) in [5.41, 5.74) is 1.21. The van der Waals surface area contributed by atoms with Crippen LogP contribution in [0.25, 0.3) is 0 Å². The van der Waals surface area contributed by atoms with E-state index in [1.807, 2.05) is 0 Å². The molecule has 1 unspecified atom stereocenters. The van der Waals surface area contributed by atoms with E-state index in [4.69, 9.17) is 10.2 Å². The monoisotopic (exact) mass is 1040 g/mol. The minimum atomic E-state index is -0.645. The van der Waals surface area contributed by atoms with E-state index in [0.717, 1.165) is 25.7 Å². The molecule has 2 N–H and O–H groups in total. The number of carboxylic acids is 2. The highest BCUT2D eigenvalue weighted by Crippen LogP contribution is 2.61. The Balaban J connectivity index is 2.72. The smallest absolute Gasteiger partial charge is 0.303 e. The molecule has 1 aliphatic rings. The second kappa shape index (κ2) is 55.3. The van der Waals surface area contributed by atoms with Crippen molar-refractivity contribution in [3.05, 3.63) is 0 Å². The van der Waals surface area contributed by atoms with Crippen LogP contribution in [-0.4, -0.2) is 22.2 Å². The molecule has 4 nitrogen and oxygen atoms in total. The highest BCUT2D eigenvalue weighted by molar-refractivity contribution is 5.66. The molecule has 4 heteroatoms. The first kappa shape index (κ1) is 71.0. The predicted octanol–water partition coefficient (Wildman–Crippen LogP) is 25.1. The first-order valence-corrected chi connectivity index (χ1v) is 34.8. The molecule has 0 aromatic carbocycles. The molecular weight excluding hydrogens is 905 g/mol. The number of hydrogen-bond donors (Lipinski definition) is 2. The Morgan fingerprint density at radius 1 is 0.243 bits per heavy atom. The van der Waals surface area contributed by atoms with Crippen LogP contribution in [0.3, 0.4) is 0 Å². The summed E-state index contributed by atoms with van der Waals surface area (Å²) in [7, 11) is 0. The fourth-order valence-corrected chi connectivity index (χ4v) is 14.0. The van der Waals surface area contributed by atoms with Gasteiger partial charge in [0.25, 0.3) is 0 Å². The van der Waals surface area contributed by atoms with Crippen LogP contribution in [0.2, 0.25) is 0 Å². The van der Waals surface area contributed by atoms with Gasteiger partial charge in [0, 0.05) is 12.8 Å². The van der Waals surface area contributed by atoms with E-state index in [1.165, 1.54) is 347 Å². The molecule has 0 radical (unpaired) electrons. The summed E-state index contributed by atoms with van der Waals surface area (Å²) >= 11 is 0. The van der Waals surface area contributed by atoms with Crippen LogP contribution < -0.4 is 0 Å². The molecule has 0 amide bonds. The molecule has 0 saturated heterocycles. The number of aliphatic carboxylic acids is 2. The standard InChI is InChI=1S/C70H136O4/c1-3-5-7-9-11-13-15-30-36-42-48-54-62-69(61-53-47-41-35-14-12-10-8-6-4-2)65-57-58-66-70(69,63-55-49-43-37-31-26-22-18-16-20-24-28-33-39-45-51-59-67(71)72)64-56-50-44-38-32-27-23-19-17-21-25-29-34-40-46-52-60-68(73)74/h3-66H2,1-2H3,(H,71,72)(H,73,74).